The fourth-order valence-electron chi connectivity index (χ4n) is 2.56. The van der Waals surface area contributed by atoms with E-state index in [0.717, 1.165) is 12.0 Å². The Morgan fingerprint density at radius 2 is 2.14 bits per heavy atom. The smallest absolute Gasteiger partial charge is 0.259 e. The molecule has 7 heteroatoms. The molecule has 0 bridgehead atoms. The summed E-state index contributed by atoms with van der Waals surface area (Å²) in [5.41, 5.74) is 7.50. The van der Waals surface area contributed by atoms with Crippen LogP contribution < -0.4 is 15.8 Å². The molecular formula is C21H26FN3O3. The first kappa shape index (κ1) is 21.4. The van der Waals surface area contributed by atoms with Crippen molar-refractivity contribution in [3.05, 3.63) is 59.1 Å². The highest BCUT2D eigenvalue weighted by Gasteiger charge is 2.17. The van der Waals surface area contributed by atoms with Gasteiger partial charge in [0.2, 0.25) is 0 Å². The van der Waals surface area contributed by atoms with Crippen molar-refractivity contribution in [3.8, 4) is 5.75 Å². The number of hydrogen-bond acceptors (Lipinski definition) is 5. The number of anilines is 2. The molecule has 1 amide bonds. The second kappa shape index (κ2) is 10.4. The van der Waals surface area contributed by atoms with Crippen molar-refractivity contribution < 1.29 is 18.7 Å². The van der Waals surface area contributed by atoms with Gasteiger partial charge in [-0.25, -0.2) is 9.37 Å². The number of carbonyl (C=O) groups is 1. The predicted octanol–water partition coefficient (Wildman–Crippen LogP) is 4.25. The normalized spacial score (nSPS) is 11.0. The maximum Gasteiger partial charge on any atom is 0.259 e. The van der Waals surface area contributed by atoms with Gasteiger partial charge in [-0.3, -0.25) is 4.79 Å². The number of carbonyl (C=O) groups excluding carboxylic acids is 1. The van der Waals surface area contributed by atoms with Gasteiger partial charge in [0.15, 0.2) is 11.6 Å². The molecule has 0 fully saturated rings. The van der Waals surface area contributed by atoms with E-state index in [4.69, 9.17) is 15.2 Å². The first-order chi connectivity index (χ1) is 13.5. The van der Waals surface area contributed by atoms with Gasteiger partial charge in [0.25, 0.3) is 5.91 Å². The lowest BCUT2D eigenvalue weighted by atomic mass is 10.1. The van der Waals surface area contributed by atoms with Crippen molar-refractivity contribution in [1.29, 1.82) is 0 Å². The van der Waals surface area contributed by atoms with E-state index in [2.05, 4.69) is 10.3 Å². The first-order valence-electron chi connectivity index (χ1n) is 9.10. The average molecular weight is 387 g/mol. The molecule has 2 aromatic rings. The fourth-order valence-corrected chi connectivity index (χ4v) is 2.56. The molecule has 0 spiro atoms. The van der Waals surface area contributed by atoms with Crippen LogP contribution in [0.4, 0.5) is 15.9 Å². The third kappa shape index (κ3) is 5.53. The number of nitrogen functional groups attached to an aromatic ring is 1. The first-order valence-corrected chi connectivity index (χ1v) is 9.10. The third-order valence-electron chi connectivity index (χ3n) is 4.03. The maximum atomic E-state index is 14.6. The van der Waals surface area contributed by atoms with Gasteiger partial charge in [-0.2, -0.15) is 0 Å². The Labute approximate surface area is 164 Å². The molecule has 1 aromatic carbocycles. The number of nitrogens with one attached hydrogen (secondary N) is 1. The zero-order valence-corrected chi connectivity index (χ0v) is 16.4. The molecule has 0 aliphatic rings. The molecule has 0 saturated carbocycles. The predicted molar refractivity (Wildman–Crippen MR) is 108 cm³/mol. The molecule has 3 N–H and O–H groups in total. The van der Waals surface area contributed by atoms with Crippen LogP contribution in [0.3, 0.4) is 0 Å². The molecule has 2 rings (SSSR count). The Bertz CT molecular complexity index is 853. The van der Waals surface area contributed by atoms with E-state index in [0.29, 0.717) is 25.3 Å². The molecule has 28 heavy (non-hydrogen) atoms. The van der Waals surface area contributed by atoms with E-state index >= 15 is 0 Å². The van der Waals surface area contributed by atoms with E-state index in [-0.39, 0.29) is 22.8 Å². The SMILES string of the molecule is CCC=CCCOc1cccc(NC(=O)c2cc(C)c(COC)nc2N)c1F. The number of hydrogen-bond donors (Lipinski definition) is 2. The molecule has 150 valence electrons. The topological polar surface area (TPSA) is 86.5 Å². The van der Waals surface area contributed by atoms with Crippen LogP contribution in [0.15, 0.2) is 36.4 Å². The fraction of sp³-hybridized carbons (Fsp3) is 0.333. The number of aryl methyl sites for hydroxylation is 1. The second-order valence-corrected chi connectivity index (χ2v) is 6.21. The van der Waals surface area contributed by atoms with Gasteiger partial charge in [-0.1, -0.05) is 25.1 Å². The molecule has 0 atom stereocenters. The highest BCUT2D eigenvalue weighted by atomic mass is 19.1. The number of benzene rings is 1. The van der Waals surface area contributed by atoms with E-state index in [9.17, 15) is 9.18 Å². The van der Waals surface area contributed by atoms with Crippen LogP contribution in [0, 0.1) is 12.7 Å². The van der Waals surface area contributed by atoms with Gasteiger partial charge < -0.3 is 20.5 Å². The van der Waals surface area contributed by atoms with Crippen molar-refractivity contribution in [2.75, 3.05) is 24.8 Å². The molecule has 0 aliphatic heterocycles. The van der Waals surface area contributed by atoms with Crippen LogP contribution in [-0.4, -0.2) is 24.6 Å². The number of allylic oxidation sites excluding steroid dienone is 1. The van der Waals surface area contributed by atoms with Gasteiger partial charge in [-0.15, -0.1) is 0 Å². The third-order valence-corrected chi connectivity index (χ3v) is 4.03. The van der Waals surface area contributed by atoms with Crippen LogP contribution in [0.5, 0.6) is 5.75 Å². The van der Waals surface area contributed by atoms with Crippen LogP contribution in [0.1, 0.15) is 41.4 Å². The van der Waals surface area contributed by atoms with Crippen molar-refractivity contribution in [1.82, 2.24) is 4.98 Å². The lowest BCUT2D eigenvalue weighted by Crippen LogP contribution is -2.17. The summed E-state index contributed by atoms with van der Waals surface area (Å²) in [7, 11) is 1.55. The van der Waals surface area contributed by atoms with Gasteiger partial charge >= 0.3 is 0 Å². The molecule has 1 aromatic heterocycles. The average Bonchev–Trinajstić information content (AvgIpc) is 2.67. The van der Waals surface area contributed by atoms with Crippen molar-refractivity contribution in [3.63, 3.8) is 0 Å². The number of rotatable bonds is 9. The van der Waals surface area contributed by atoms with Gasteiger partial charge in [0, 0.05) is 7.11 Å². The van der Waals surface area contributed by atoms with Gasteiger partial charge in [0.1, 0.15) is 5.82 Å². The summed E-state index contributed by atoms with van der Waals surface area (Å²) < 4.78 is 25.2. The molecule has 0 radical (unpaired) electrons. The lowest BCUT2D eigenvalue weighted by Gasteiger charge is -2.13. The monoisotopic (exact) mass is 387 g/mol. The summed E-state index contributed by atoms with van der Waals surface area (Å²) >= 11 is 0. The summed E-state index contributed by atoms with van der Waals surface area (Å²) in [6.45, 7) is 4.49. The van der Waals surface area contributed by atoms with E-state index in [1.807, 2.05) is 19.1 Å². The Balaban J connectivity index is 2.13. The van der Waals surface area contributed by atoms with Crippen molar-refractivity contribution >= 4 is 17.4 Å². The van der Waals surface area contributed by atoms with Gasteiger partial charge in [0.05, 0.1) is 30.2 Å². The van der Waals surface area contributed by atoms with Crippen LogP contribution in [0.2, 0.25) is 0 Å². The number of nitrogens with zero attached hydrogens (tertiary/aromatic N) is 1. The zero-order chi connectivity index (χ0) is 20.5. The van der Waals surface area contributed by atoms with Crippen LogP contribution in [0.25, 0.3) is 0 Å². The molecule has 1 heterocycles. The van der Waals surface area contributed by atoms with Gasteiger partial charge in [-0.05, 0) is 43.5 Å². The highest BCUT2D eigenvalue weighted by molar-refractivity contribution is 6.07. The van der Waals surface area contributed by atoms with E-state index < -0.39 is 11.7 Å². The number of ether oxygens (including phenoxy) is 2. The van der Waals surface area contributed by atoms with Crippen LogP contribution in [-0.2, 0) is 11.3 Å². The molecule has 0 aliphatic carbocycles. The summed E-state index contributed by atoms with van der Waals surface area (Å²) in [6.07, 6.45) is 5.63. The van der Waals surface area contributed by atoms with Crippen molar-refractivity contribution in [2.45, 2.75) is 33.3 Å². The minimum Gasteiger partial charge on any atom is -0.490 e. The molecule has 0 unspecified atom stereocenters. The number of methoxy groups -OCH3 is 1. The van der Waals surface area contributed by atoms with Crippen molar-refractivity contribution in [2.24, 2.45) is 0 Å². The summed E-state index contributed by atoms with van der Waals surface area (Å²) in [4.78, 5) is 16.8. The Kier molecular flexibility index (Phi) is 7.95. The summed E-state index contributed by atoms with van der Waals surface area (Å²) in [6, 6.07) is 6.22. The second-order valence-electron chi connectivity index (χ2n) is 6.21. The quantitative estimate of drug-likeness (QED) is 0.496. The number of nitrogens with two attached hydrogens (primary N) is 1. The zero-order valence-electron chi connectivity index (χ0n) is 16.4. The minimum absolute atomic E-state index is 0.0182. The Hall–Kier alpha value is -2.93. The highest BCUT2D eigenvalue weighted by Crippen LogP contribution is 2.26. The Morgan fingerprint density at radius 3 is 2.86 bits per heavy atom. The molecular weight excluding hydrogens is 361 g/mol. The largest absolute Gasteiger partial charge is 0.490 e. The number of aromatic nitrogens is 1. The standard InChI is InChI=1S/C21H26FN3O3/c1-4-5-6-7-11-28-18-10-8-9-16(19(18)22)25-21(26)15-12-14(2)17(13-27-3)24-20(15)23/h5-6,8-10,12H,4,7,11,13H2,1-3H3,(H2,23,24)(H,25,26). The number of amides is 1. The van der Waals surface area contributed by atoms with E-state index in [1.54, 1.807) is 26.2 Å². The lowest BCUT2D eigenvalue weighted by molar-refractivity contribution is 0.102. The summed E-state index contributed by atoms with van der Waals surface area (Å²) in [5.74, 6) is -1.03. The van der Waals surface area contributed by atoms with Crippen LogP contribution >= 0.6 is 0 Å². The van der Waals surface area contributed by atoms with E-state index in [1.165, 1.54) is 12.1 Å². The minimum atomic E-state index is -0.630. The summed E-state index contributed by atoms with van der Waals surface area (Å²) in [5, 5.41) is 2.54. The Morgan fingerprint density at radius 1 is 1.36 bits per heavy atom. The number of pyridine rings is 1. The molecule has 6 nitrogen and oxygen atoms in total. The molecule has 0 saturated heterocycles. The number of halogens is 1. The maximum absolute atomic E-state index is 14.6.